The molecule has 7 heteroatoms. The van der Waals surface area contributed by atoms with Crippen LogP contribution in [0.4, 0.5) is 0 Å². The normalized spacial score (nSPS) is 11.9. The van der Waals surface area contributed by atoms with E-state index in [0.29, 0.717) is 4.88 Å². The molecule has 1 amide bonds. The van der Waals surface area contributed by atoms with Crippen LogP contribution in [-0.4, -0.2) is 34.4 Å². The van der Waals surface area contributed by atoms with E-state index >= 15 is 0 Å². The highest BCUT2D eigenvalue weighted by Crippen LogP contribution is 2.11. The smallest absolute Gasteiger partial charge is 0.320 e. The third-order valence-electron chi connectivity index (χ3n) is 1.74. The Kier molecular flexibility index (Phi) is 5.13. The molecule has 1 N–H and O–H groups in total. The second-order valence-corrected chi connectivity index (χ2v) is 5.68. The number of methoxy groups -OCH3 is 1. The van der Waals surface area contributed by atoms with Crippen molar-refractivity contribution in [2.45, 2.75) is 10.8 Å². The van der Waals surface area contributed by atoms with Crippen LogP contribution in [0.1, 0.15) is 14.7 Å². The van der Waals surface area contributed by atoms with Gasteiger partial charge in [0.1, 0.15) is 8.80 Å². The number of rotatable bonds is 4. The fourth-order valence-electron chi connectivity index (χ4n) is 0.947. The minimum Gasteiger partial charge on any atom is -0.468 e. The Bertz CT molecular complexity index is 394. The Labute approximate surface area is 111 Å². The van der Waals surface area contributed by atoms with E-state index in [0.717, 1.165) is 5.01 Å². The van der Waals surface area contributed by atoms with E-state index in [1.165, 1.54) is 24.6 Å². The molecule has 0 aliphatic rings. The molecule has 1 unspecified atom stereocenters. The van der Waals surface area contributed by atoms with E-state index in [1.54, 1.807) is 0 Å². The van der Waals surface area contributed by atoms with E-state index in [-0.39, 0.29) is 22.3 Å². The van der Waals surface area contributed by atoms with Gasteiger partial charge in [0.15, 0.2) is 0 Å². The van der Waals surface area contributed by atoms with Gasteiger partial charge in [-0.1, -0.05) is 22.6 Å². The molecule has 1 heterocycles. The summed E-state index contributed by atoms with van der Waals surface area (Å²) in [5.74, 6) is -0.558. The van der Waals surface area contributed by atoms with Gasteiger partial charge in [0, 0.05) is 6.54 Å². The molecule has 1 atom stereocenters. The number of thiazole rings is 1. The van der Waals surface area contributed by atoms with Crippen molar-refractivity contribution in [1.29, 1.82) is 0 Å². The number of carbonyl (C=O) groups is 2. The molecule has 16 heavy (non-hydrogen) atoms. The van der Waals surface area contributed by atoms with Crippen molar-refractivity contribution in [2.75, 3.05) is 13.7 Å². The number of halogens is 1. The summed E-state index contributed by atoms with van der Waals surface area (Å²) in [4.78, 5) is 27.2. The fraction of sp³-hybridized carbons (Fsp3) is 0.444. The van der Waals surface area contributed by atoms with E-state index in [9.17, 15) is 9.59 Å². The van der Waals surface area contributed by atoms with Crippen LogP contribution >= 0.6 is 33.9 Å². The number of aromatic nitrogens is 1. The maximum atomic E-state index is 11.6. The second kappa shape index (κ2) is 6.14. The summed E-state index contributed by atoms with van der Waals surface area (Å²) >= 11 is 3.24. The second-order valence-electron chi connectivity index (χ2n) is 2.94. The van der Waals surface area contributed by atoms with Crippen molar-refractivity contribution in [3.05, 3.63) is 16.1 Å². The van der Waals surface area contributed by atoms with Crippen LogP contribution in [0.25, 0.3) is 0 Å². The molecule has 1 aromatic rings. The summed E-state index contributed by atoms with van der Waals surface area (Å²) < 4.78 is 4.17. The molecule has 0 saturated heterocycles. The highest BCUT2D eigenvalue weighted by Gasteiger charge is 2.17. The summed E-state index contributed by atoms with van der Waals surface area (Å²) in [6, 6.07) is 0. The third kappa shape index (κ3) is 3.71. The van der Waals surface area contributed by atoms with E-state index in [2.05, 4.69) is 15.0 Å². The first-order valence-corrected chi connectivity index (χ1v) is 6.53. The van der Waals surface area contributed by atoms with Crippen LogP contribution in [0.5, 0.6) is 0 Å². The number of nitrogens with one attached hydrogen (secondary N) is 1. The average molecular weight is 354 g/mol. The number of ether oxygens (including phenoxy) is 1. The van der Waals surface area contributed by atoms with Crippen LogP contribution in [-0.2, 0) is 9.53 Å². The molecule has 0 aliphatic heterocycles. The monoisotopic (exact) mass is 354 g/mol. The summed E-state index contributed by atoms with van der Waals surface area (Å²) in [6.07, 6.45) is 1.52. The van der Waals surface area contributed by atoms with Crippen molar-refractivity contribution in [1.82, 2.24) is 10.3 Å². The van der Waals surface area contributed by atoms with Gasteiger partial charge in [-0.2, -0.15) is 0 Å². The lowest BCUT2D eigenvalue weighted by molar-refractivity contribution is -0.139. The van der Waals surface area contributed by atoms with Gasteiger partial charge in [-0.05, 0) is 6.92 Å². The molecular weight excluding hydrogens is 343 g/mol. The molecule has 1 aromatic heterocycles. The predicted molar refractivity (Wildman–Crippen MR) is 69.0 cm³/mol. The van der Waals surface area contributed by atoms with Crippen LogP contribution < -0.4 is 5.32 Å². The molecule has 0 radical (unpaired) electrons. The number of nitrogens with zero attached hydrogens (tertiary/aromatic N) is 1. The molecule has 0 bridgehead atoms. The summed E-state index contributed by atoms with van der Waals surface area (Å²) in [5, 5.41) is 3.49. The highest BCUT2D eigenvalue weighted by molar-refractivity contribution is 14.1. The lowest BCUT2D eigenvalue weighted by Gasteiger charge is -2.07. The van der Waals surface area contributed by atoms with Gasteiger partial charge in [0.2, 0.25) is 0 Å². The number of esters is 1. The van der Waals surface area contributed by atoms with Gasteiger partial charge < -0.3 is 10.1 Å². The Morgan fingerprint density at radius 1 is 1.69 bits per heavy atom. The molecule has 5 nitrogen and oxygen atoms in total. The Hall–Kier alpha value is -0.700. The molecule has 0 spiro atoms. The predicted octanol–water partition coefficient (Wildman–Crippen LogP) is 1.16. The zero-order valence-electron chi connectivity index (χ0n) is 8.82. The van der Waals surface area contributed by atoms with Gasteiger partial charge >= 0.3 is 5.97 Å². The van der Waals surface area contributed by atoms with E-state index in [1.807, 2.05) is 29.5 Å². The van der Waals surface area contributed by atoms with Gasteiger partial charge in [-0.3, -0.25) is 9.59 Å². The minimum atomic E-state index is -0.374. The zero-order chi connectivity index (χ0) is 12.1. The molecule has 0 aliphatic carbocycles. The maximum Gasteiger partial charge on any atom is 0.320 e. The number of carbonyl (C=O) groups excluding carboxylic acids is 2. The summed E-state index contributed by atoms with van der Waals surface area (Å²) in [6.45, 7) is 2.08. The lowest BCUT2D eigenvalue weighted by atomic mass is 10.4. The fourth-order valence-corrected chi connectivity index (χ4v) is 2.12. The summed E-state index contributed by atoms with van der Waals surface area (Å²) in [7, 11) is 1.32. The molecule has 0 fully saturated rings. The van der Waals surface area contributed by atoms with Crippen molar-refractivity contribution < 1.29 is 14.3 Å². The molecule has 0 aromatic carbocycles. The third-order valence-corrected chi connectivity index (χ3v) is 3.60. The number of hydrogen-bond donors (Lipinski definition) is 1. The van der Waals surface area contributed by atoms with Gasteiger partial charge in [-0.25, -0.2) is 4.98 Å². The van der Waals surface area contributed by atoms with Crippen LogP contribution in [0.15, 0.2) is 6.20 Å². The number of amides is 1. The SMILES string of the molecule is COC(=O)C(I)CNC(=O)c1cnc(C)s1. The largest absolute Gasteiger partial charge is 0.468 e. The zero-order valence-corrected chi connectivity index (χ0v) is 11.8. The average Bonchev–Trinajstić information content (AvgIpc) is 2.71. The topological polar surface area (TPSA) is 68.3 Å². The first kappa shape index (κ1) is 13.4. The molecular formula is C9H11IN2O3S. The van der Waals surface area contributed by atoms with E-state index < -0.39 is 0 Å². The molecule has 88 valence electrons. The molecule has 1 rings (SSSR count). The Morgan fingerprint density at radius 2 is 2.38 bits per heavy atom. The van der Waals surface area contributed by atoms with Crippen molar-refractivity contribution in [2.24, 2.45) is 0 Å². The lowest BCUT2D eigenvalue weighted by Crippen LogP contribution is -2.33. The Balaban J connectivity index is 2.44. The van der Waals surface area contributed by atoms with Gasteiger partial charge in [0.25, 0.3) is 5.91 Å². The minimum absolute atomic E-state index is 0.212. The number of hydrogen-bond acceptors (Lipinski definition) is 5. The maximum absolute atomic E-state index is 11.6. The standard InChI is InChI=1S/C9H11IN2O3S/c1-5-11-4-7(16-5)8(13)12-3-6(10)9(14)15-2/h4,6H,3H2,1-2H3,(H,12,13). The van der Waals surface area contributed by atoms with Gasteiger partial charge in [0.05, 0.1) is 18.3 Å². The number of alkyl halides is 1. The first-order valence-electron chi connectivity index (χ1n) is 4.47. The number of aryl methyl sites for hydroxylation is 1. The quantitative estimate of drug-likeness (QED) is 0.501. The molecule has 0 saturated carbocycles. The Morgan fingerprint density at radius 3 is 2.88 bits per heavy atom. The van der Waals surface area contributed by atoms with Crippen molar-refractivity contribution in [3.63, 3.8) is 0 Å². The summed E-state index contributed by atoms with van der Waals surface area (Å²) in [5.41, 5.74) is 0. The van der Waals surface area contributed by atoms with Crippen LogP contribution in [0.3, 0.4) is 0 Å². The first-order chi connectivity index (χ1) is 7.54. The van der Waals surface area contributed by atoms with Crippen LogP contribution in [0, 0.1) is 6.92 Å². The highest BCUT2D eigenvalue weighted by atomic mass is 127. The van der Waals surface area contributed by atoms with Crippen LogP contribution in [0.2, 0.25) is 0 Å². The van der Waals surface area contributed by atoms with Crippen molar-refractivity contribution >= 4 is 45.8 Å². The van der Waals surface area contributed by atoms with Gasteiger partial charge in [-0.15, -0.1) is 11.3 Å². The van der Waals surface area contributed by atoms with E-state index in [4.69, 9.17) is 0 Å². The van der Waals surface area contributed by atoms with Crippen molar-refractivity contribution in [3.8, 4) is 0 Å².